The molecule has 1 heterocycles. The van der Waals surface area contributed by atoms with Gasteiger partial charge in [0.05, 0.1) is 17.4 Å². The number of para-hydroxylation sites is 1. The summed E-state index contributed by atoms with van der Waals surface area (Å²) in [6, 6.07) is 22.9. The molecule has 0 bridgehead atoms. The van der Waals surface area contributed by atoms with Crippen LogP contribution in [0, 0.1) is 0 Å². The lowest BCUT2D eigenvalue weighted by Crippen LogP contribution is -2.24. The van der Waals surface area contributed by atoms with Crippen molar-refractivity contribution in [1.82, 2.24) is 9.78 Å². The van der Waals surface area contributed by atoms with Crippen molar-refractivity contribution < 1.29 is 14.6 Å². The number of anilines is 2. The first-order valence-corrected chi connectivity index (χ1v) is 10.5. The van der Waals surface area contributed by atoms with Gasteiger partial charge in [-0.3, -0.25) is 4.79 Å². The average Bonchev–Trinajstić information content (AvgIpc) is 2.82. The summed E-state index contributed by atoms with van der Waals surface area (Å²) >= 11 is 0. The van der Waals surface area contributed by atoms with Crippen LogP contribution in [0.1, 0.15) is 35.7 Å². The summed E-state index contributed by atoms with van der Waals surface area (Å²) in [6.07, 6.45) is 1.49. The van der Waals surface area contributed by atoms with E-state index in [1.54, 1.807) is 24.3 Å². The third-order valence-electron chi connectivity index (χ3n) is 5.10. The highest BCUT2D eigenvalue weighted by Crippen LogP contribution is 2.30. The summed E-state index contributed by atoms with van der Waals surface area (Å²) in [6.45, 7) is 4.19. The molecule has 0 saturated carbocycles. The fourth-order valence-electron chi connectivity index (χ4n) is 3.29. The van der Waals surface area contributed by atoms with Gasteiger partial charge in [0.1, 0.15) is 5.75 Å². The molecule has 166 valence electrons. The van der Waals surface area contributed by atoms with Crippen molar-refractivity contribution in [2.75, 3.05) is 5.32 Å². The molecule has 0 saturated heterocycles. The Bertz CT molecular complexity index is 1330. The molecule has 1 aromatic heterocycles. The monoisotopic (exact) mass is 441 g/mol. The van der Waals surface area contributed by atoms with Gasteiger partial charge in [0.2, 0.25) is 0 Å². The molecule has 0 aliphatic carbocycles. The van der Waals surface area contributed by atoms with Crippen LogP contribution in [0.2, 0.25) is 0 Å². The number of aromatic nitrogens is 2. The summed E-state index contributed by atoms with van der Waals surface area (Å²) in [5, 5.41) is 16.5. The summed E-state index contributed by atoms with van der Waals surface area (Å²) in [7, 11) is 0. The SMILES string of the molecule is CC(C)c1cccc(Oc2cnn(-c3ccccc3)c(=O)c2Nc2ccc(C(=O)O)cc2)c1. The lowest BCUT2D eigenvalue weighted by atomic mass is 10.0. The second-order valence-corrected chi connectivity index (χ2v) is 7.77. The lowest BCUT2D eigenvalue weighted by Gasteiger charge is -2.15. The number of ether oxygens (including phenoxy) is 1. The highest BCUT2D eigenvalue weighted by Gasteiger charge is 2.16. The minimum atomic E-state index is -1.02. The van der Waals surface area contributed by atoms with Crippen LogP contribution in [0.3, 0.4) is 0 Å². The van der Waals surface area contributed by atoms with Crippen LogP contribution in [0.5, 0.6) is 11.5 Å². The standard InChI is InChI=1S/C26H23N3O4/c1-17(2)19-7-6-10-22(15-19)33-23-16-27-29(21-8-4-3-5-9-21)25(30)24(23)28-20-13-11-18(12-14-20)26(31)32/h3-17,28H,1-2H3,(H,31,32). The maximum atomic E-state index is 13.4. The van der Waals surface area contributed by atoms with Crippen molar-refractivity contribution in [2.24, 2.45) is 0 Å². The molecule has 0 aliphatic rings. The van der Waals surface area contributed by atoms with Gasteiger partial charge < -0.3 is 15.2 Å². The fraction of sp³-hybridized carbons (Fsp3) is 0.115. The van der Waals surface area contributed by atoms with Crippen LogP contribution in [0.15, 0.2) is 89.9 Å². The highest BCUT2D eigenvalue weighted by atomic mass is 16.5. The molecule has 0 spiro atoms. The van der Waals surface area contributed by atoms with Crippen LogP contribution in [-0.2, 0) is 0 Å². The molecule has 0 radical (unpaired) electrons. The Balaban J connectivity index is 1.77. The Kier molecular flexibility index (Phi) is 6.22. The smallest absolute Gasteiger partial charge is 0.335 e. The second kappa shape index (κ2) is 9.40. The van der Waals surface area contributed by atoms with Gasteiger partial charge in [0, 0.05) is 5.69 Å². The third kappa shape index (κ3) is 4.93. The van der Waals surface area contributed by atoms with Gasteiger partial charge in [-0.15, -0.1) is 0 Å². The molecule has 0 atom stereocenters. The molecule has 7 nitrogen and oxygen atoms in total. The molecule has 33 heavy (non-hydrogen) atoms. The molecule has 0 aliphatic heterocycles. The van der Waals surface area contributed by atoms with Gasteiger partial charge in [-0.2, -0.15) is 9.78 Å². The number of nitrogens with one attached hydrogen (secondary N) is 1. The topological polar surface area (TPSA) is 93.5 Å². The zero-order valence-electron chi connectivity index (χ0n) is 18.2. The van der Waals surface area contributed by atoms with E-state index in [0.29, 0.717) is 23.0 Å². The number of aromatic carboxylic acids is 1. The Morgan fingerprint density at radius 3 is 2.39 bits per heavy atom. The number of carboxylic acid groups (broad SMARTS) is 1. The summed E-state index contributed by atoms with van der Waals surface area (Å²) < 4.78 is 7.36. The van der Waals surface area contributed by atoms with Crippen molar-refractivity contribution in [3.63, 3.8) is 0 Å². The number of hydrogen-bond donors (Lipinski definition) is 2. The van der Waals surface area contributed by atoms with Gasteiger partial charge in [0.25, 0.3) is 5.56 Å². The Hall–Kier alpha value is -4.39. The Labute approximate surface area is 190 Å². The van der Waals surface area contributed by atoms with Gasteiger partial charge in [-0.05, 0) is 60.0 Å². The fourth-order valence-corrected chi connectivity index (χ4v) is 3.29. The first-order chi connectivity index (χ1) is 15.9. The molecule has 4 aromatic rings. The first-order valence-electron chi connectivity index (χ1n) is 10.5. The van der Waals surface area contributed by atoms with Gasteiger partial charge in [-0.1, -0.05) is 44.2 Å². The number of hydrogen-bond acceptors (Lipinski definition) is 5. The highest BCUT2D eigenvalue weighted by molar-refractivity contribution is 5.88. The normalized spacial score (nSPS) is 10.8. The van der Waals surface area contributed by atoms with Crippen LogP contribution in [0.25, 0.3) is 5.69 Å². The molecular weight excluding hydrogens is 418 g/mol. The molecule has 0 unspecified atom stereocenters. The maximum absolute atomic E-state index is 13.4. The predicted molar refractivity (Wildman–Crippen MR) is 127 cm³/mol. The van der Waals surface area contributed by atoms with E-state index in [-0.39, 0.29) is 17.0 Å². The molecule has 7 heteroatoms. The van der Waals surface area contributed by atoms with Crippen LogP contribution >= 0.6 is 0 Å². The van der Waals surface area contributed by atoms with E-state index < -0.39 is 11.5 Å². The summed E-state index contributed by atoms with van der Waals surface area (Å²) in [5.41, 5.74) is 2.20. The molecule has 0 amide bonds. The van der Waals surface area contributed by atoms with E-state index in [0.717, 1.165) is 5.56 Å². The molecule has 0 fully saturated rings. The lowest BCUT2D eigenvalue weighted by molar-refractivity contribution is 0.0697. The zero-order chi connectivity index (χ0) is 23.4. The maximum Gasteiger partial charge on any atom is 0.335 e. The van der Waals surface area contributed by atoms with Crippen molar-refractivity contribution >= 4 is 17.3 Å². The quantitative estimate of drug-likeness (QED) is 0.388. The van der Waals surface area contributed by atoms with E-state index in [9.17, 15) is 9.59 Å². The van der Waals surface area contributed by atoms with Crippen molar-refractivity contribution in [1.29, 1.82) is 0 Å². The van der Waals surface area contributed by atoms with Crippen LogP contribution in [0.4, 0.5) is 11.4 Å². The number of rotatable bonds is 7. The largest absolute Gasteiger partial charge is 0.478 e. The number of nitrogens with zero attached hydrogens (tertiary/aromatic N) is 2. The summed E-state index contributed by atoms with van der Waals surface area (Å²) in [4.78, 5) is 24.6. The van der Waals surface area contributed by atoms with E-state index in [1.807, 2.05) is 42.5 Å². The average molecular weight is 441 g/mol. The molecule has 2 N–H and O–H groups in total. The minimum Gasteiger partial charge on any atom is -0.478 e. The van der Waals surface area contributed by atoms with Gasteiger partial charge in [-0.25, -0.2) is 4.79 Å². The van der Waals surface area contributed by atoms with Gasteiger partial charge in [0.15, 0.2) is 11.4 Å². The van der Waals surface area contributed by atoms with E-state index in [1.165, 1.54) is 23.0 Å². The molecule has 3 aromatic carbocycles. The zero-order valence-corrected chi connectivity index (χ0v) is 18.2. The molecular formula is C26H23N3O4. The van der Waals surface area contributed by atoms with E-state index in [4.69, 9.17) is 9.84 Å². The Morgan fingerprint density at radius 1 is 1.00 bits per heavy atom. The first kappa shape index (κ1) is 21.8. The third-order valence-corrected chi connectivity index (χ3v) is 5.10. The van der Waals surface area contributed by atoms with E-state index in [2.05, 4.69) is 24.3 Å². The second-order valence-electron chi connectivity index (χ2n) is 7.77. The van der Waals surface area contributed by atoms with Crippen molar-refractivity contribution in [3.05, 3.63) is 107 Å². The van der Waals surface area contributed by atoms with Crippen molar-refractivity contribution in [2.45, 2.75) is 19.8 Å². The van der Waals surface area contributed by atoms with E-state index >= 15 is 0 Å². The number of benzene rings is 3. The predicted octanol–water partition coefficient (Wildman–Crippen LogP) is 5.59. The number of carbonyl (C=O) groups is 1. The van der Waals surface area contributed by atoms with Crippen LogP contribution < -0.4 is 15.6 Å². The molecule has 4 rings (SSSR count). The Morgan fingerprint density at radius 2 is 1.73 bits per heavy atom. The van der Waals surface area contributed by atoms with Gasteiger partial charge >= 0.3 is 5.97 Å². The van der Waals surface area contributed by atoms with Crippen LogP contribution in [-0.4, -0.2) is 20.9 Å². The minimum absolute atomic E-state index is 0.152. The van der Waals surface area contributed by atoms with Crippen molar-refractivity contribution in [3.8, 4) is 17.2 Å². The number of carboxylic acids is 1. The summed E-state index contributed by atoms with van der Waals surface area (Å²) in [5.74, 6) is 0.147.